The number of halogens is 10. The molecule has 6 aliphatic rings. The number of H-pyrrole nitrogens is 2. The number of hydrogen-bond acceptors (Lipinski definition) is 2. The van der Waals surface area contributed by atoms with Gasteiger partial charge in [0.1, 0.15) is 0 Å². The van der Waals surface area contributed by atoms with Crippen molar-refractivity contribution >= 4 is 22.6 Å². The molecule has 0 aliphatic carbocycles. The van der Waals surface area contributed by atoms with Gasteiger partial charge in [-0.1, -0.05) is 104 Å². The Balaban J connectivity index is 1.27. The Hall–Kier alpha value is -6.96. The second-order valence-electron chi connectivity index (χ2n) is 19.3. The summed E-state index contributed by atoms with van der Waals surface area (Å²) in [5.41, 5.74) is -1.73. The highest BCUT2D eigenvalue weighted by Gasteiger charge is 2.38. The molecule has 0 amide bonds. The van der Waals surface area contributed by atoms with Crippen LogP contribution in [0.2, 0.25) is 0 Å². The molecule has 12 rings (SSSR count). The minimum Gasteiger partial charge on any atom is -0.358 e. The predicted molar refractivity (Wildman–Crippen MR) is 242 cm³/mol. The van der Waals surface area contributed by atoms with E-state index in [1.165, 1.54) is 24.3 Å². The zero-order chi connectivity index (χ0) is 49.2. The maximum atomic E-state index is 15.8. The Bertz CT molecular complexity index is 3040. The van der Waals surface area contributed by atoms with Crippen molar-refractivity contribution < 1.29 is 43.9 Å². The maximum Gasteiger partial charge on any atom is 0.200 e. The molecular formula is C54H42F10N4. The van der Waals surface area contributed by atoms with Gasteiger partial charge in [0.2, 0.25) is 11.6 Å². The molecule has 0 spiro atoms. The minimum atomic E-state index is -2.29. The fourth-order valence-electron chi connectivity index (χ4n) is 9.17. The summed E-state index contributed by atoms with van der Waals surface area (Å²) >= 11 is 0. The van der Waals surface area contributed by atoms with E-state index in [9.17, 15) is 26.3 Å². The van der Waals surface area contributed by atoms with Crippen molar-refractivity contribution in [3.05, 3.63) is 223 Å². The lowest BCUT2D eigenvalue weighted by atomic mass is 9.77. The Kier molecular flexibility index (Phi) is 10.7. The van der Waals surface area contributed by atoms with Crippen LogP contribution in [0.3, 0.4) is 0 Å². The Labute approximate surface area is 385 Å². The van der Waals surface area contributed by atoms with E-state index in [0.717, 1.165) is 22.3 Å². The molecule has 4 nitrogen and oxygen atoms in total. The van der Waals surface area contributed by atoms with Gasteiger partial charge in [0.15, 0.2) is 46.5 Å². The Morgan fingerprint density at radius 1 is 0.324 bits per heavy atom. The number of aliphatic imine (C=N–C) groups is 2. The van der Waals surface area contributed by atoms with Crippen LogP contribution in [0.4, 0.5) is 43.9 Å². The summed E-state index contributed by atoms with van der Waals surface area (Å²) < 4.78 is 152. The lowest BCUT2D eigenvalue weighted by molar-refractivity contribution is 0.376. The predicted octanol–water partition coefficient (Wildman–Crippen LogP) is 14.2. The van der Waals surface area contributed by atoms with Crippen LogP contribution in [0.5, 0.6) is 0 Å². The number of hydrogen-bond donors (Lipinski definition) is 2. The van der Waals surface area contributed by atoms with Crippen molar-refractivity contribution in [2.24, 2.45) is 9.98 Å². The van der Waals surface area contributed by atoms with Crippen LogP contribution >= 0.6 is 0 Å². The van der Waals surface area contributed by atoms with Crippen LogP contribution in [0.1, 0.15) is 112 Å². The largest absolute Gasteiger partial charge is 0.358 e. The molecule has 8 heterocycles. The number of allylic oxidation sites excluding steroid dienone is 4. The molecule has 0 atom stereocenters. The monoisotopic (exact) mass is 936 g/mol. The van der Waals surface area contributed by atoms with E-state index in [0.29, 0.717) is 22.8 Å². The summed E-state index contributed by atoms with van der Waals surface area (Å²) in [6.45, 7) is 14.9. The van der Waals surface area contributed by atoms with Crippen LogP contribution < -0.4 is 0 Å². The average molecular weight is 937 g/mol. The van der Waals surface area contributed by atoms with Gasteiger partial charge in [-0.3, -0.25) is 9.98 Å². The van der Waals surface area contributed by atoms with E-state index < -0.39 is 91.0 Å². The van der Waals surface area contributed by atoms with Gasteiger partial charge in [0, 0.05) is 55.6 Å². The molecule has 0 saturated heterocycles. The zero-order valence-corrected chi connectivity index (χ0v) is 37.9. The zero-order valence-electron chi connectivity index (χ0n) is 37.9. The topological polar surface area (TPSA) is 56.3 Å². The van der Waals surface area contributed by atoms with Gasteiger partial charge in [-0.2, -0.15) is 0 Å². The van der Waals surface area contributed by atoms with E-state index in [2.05, 4.69) is 9.97 Å². The fourth-order valence-corrected chi connectivity index (χ4v) is 9.17. The third-order valence-corrected chi connectivity index (χ3v) is 13.9. The molecule has 6 aromatic rings. The first-order chi connectivity index (χ1) is 31.9. The average Bonchev–Trinajstić information content (AvgIpc) is 4.17. The molecule has 0 unspecified atom stereocenters. The molecule has 0 saturated carbocycles. The highest BCUT2D eigenvalue weighted by molar-refractivity contribution is 6.08. The van der Waals surface area contributed by atoms with E-state index >= 15 is 17.6 Å². The quantitative estimate of drug-likeness (QED) is 0.0988. The summed E-state index contributed by atoms with van der Waals surface area (Å²) in [4.78, 5) is 16.0. The van der Waals surface area contributed by atoms with E-state index in [1.54, 1.807) is 24.3 Å². The van der Waals surface area contributed by atoms with Gasteiger partial charge < -0.3 is 9.97 Å². The highest BCUT2D eigenvalue weighted by Crippen LogP contribution is 2.43. The number of aromatic nitrogens is 2. The number of benzene rings is 4. The minimum absolute atomic E-state index is 0.0390. The molecule has 12 bridgehead atoms. The lowest BCUT2D eigenvalue weighted by Crippen LogP contribution is -2.27. The highest BCUT2D eigenvalue weighted by atomic mass is 19.2. The number of aromatic amines is 2. The Morgan fingerprint density at radius 3 is 0.882 bits per heavy atom. The first-order valence-corrected chi connectivity index (χ1v) is 21.6. The van der Waals surface area contributed by atoms with Crippen molar-refractivity contribution in [2.75, 3.05) is 0 Å². The summed E-state index contributed by atoms with van der Waals surface area (Å²) in [5.74, 6) is -21.0. The number of rotatable bonds is 2. The molecule has 68 heavy (non-hydrogen) atoms. The fraction of sp³-hybridized carbons (Fsp3) is 0.222. The SMILES string of the molecule is CC1(C)C2=N/C(=C(/c3c(F)c(F)c(F)c(F)c3F)c3ccc([nH]3)C(C)(C)c3ccc(cc3)C(C)(C)C3=N/C(=C(/c4c(F)c(F)c(F)c(F)c4F)c4ccc([nH]4)C(C)(C)c4ccc1cc4)C=C3)C=C2. The third kappa shape index (κ3) is 6.96. The van der Waals surface area contributed by atoms with Crippen LogP contribution in [0, 0.1) is 58.2 Å². The van der Waals surface area contributed by atoms with Gasteiger partial charge in [0.05, 0.1) is 33.9 Å². The second kappa shape index (κ2) is 15.8. The van der Waals surface area contributed by atoms with E-state index in [-0.39, 0.29) is 33.9 Å². The first kappa shape index (κ1) is 46.2. The van der Waals surface area contributed by atoms with Crippen LogP contribution in [0.15, 0.2) is 118 Å². The van der Waals surface area contributed by atoms with Crippen molar-refractivity contribution in [3.63, 3.8) is 0 Å². The van der Waals surface area contributed by atoms with Crippen molar-refractivity contribution in [2.45, 2.75) is 77.0 Å². The van der Waals surface area contributed by atoms with Crippen LogP contribution in [0.25, 0.3) is 11.1 Å². The van der Waals surface area contributed by atoms with Gasteiger partial charge in [-0.15, -0.1) is 0 Å². The normalized spacial score (nSPS) is 20.1. The summed E-state index contributed by atoms with van der Waals surface area (Å²) in [6.07, 6.45) is 6.16. The van der Waals surface area contributed by atoms with Crippen LogP contribution in [-0.2, 0) is 21.7 Å². The summed E-state index contributed by atoms with van der Waals surface area (Å²) in [6, 6.07) is 21.0. The first-order valence-electron chi connectivity index (χ1n) is 21.6. The molecule has 0 fully saturated rings. The second-order valence-corrected chi connectivity index (χ2v) is 19.3. The molecule has 4 aromatic carbocycles. The van der Waals surface area contributed by atoms with Crippen molar-refractivity contribution in [1.82, 2.24) is 9.97 Å². The molecule has 2 aromatic heterocycles. The molecule has 6 aliphatic heterocycles. The number of nitrogens with zero attached hydrogens (tertiary/aromatic N) is 2. The van der Waals surface area contributed by atoms with Gasteiger partial charge >= 0.3 is 0 Å². The number of nitrogens with one attached hydrogen (secondary N) is 2. The van der Waals surface area contributed by atoms with Gasteiger partial charge in [0.25, 0.3) is 0 Å². The lowest BCUT2D eigenvalue weighted by Gasteiger charge is -2.28. The standard InChI is InChI=1S/C54H42F10N4/c1-51(2)25-9-11-26(12-10-25)52(3,4)34-23-19-31(67-34)38(40-43(57)47(61)50(64)48(62)44(40)58)32-20-24-36(68-32)54(7,8)28-15-13-27(14-16-28)53(5,6)35-22-18-30(66-35)37(29-17-21-33(51)65-29)39-41(55)45(59)49(63)46(60)42(39)56/h9-24,65,68H,1-8H3/b37-30+,38-31+. The van der Waals surface area contributed by atoms with Crippen LogP contribution in [-0.4, -0.2) is 21.4 Å². The van der Waals surface area contributed by atoms with E-state index in [4.69, 9.17) is 9.98 Å². The van der Waals surface area contributed by atoms with E-state index in [1.807, 2.05) is 104 Å². The molecular weight excluding hydrogens is 895 g/mol. The smallest absolute Gasteiger partial charge is 0.200 e. The van der Waals surface area contributed by atoms with Gasteiger partial charge in [-0.25, -0.2) is 43.9 Å². The van der Waals surface area contributed by atoms with Gasteiger partial charge in [-0.05, 0) is 70.8 Å². The molecule has 348 valence electrons. The molecule has 14 heteroatoms. The summed E-state index contributed by atoms with van der Waals surface area (Å²) in [5, 5.41) is 0. The van der Waals surface area contributed by atoms with Crippen molar-refractivity contribution in [1.29, 1.82) is 0 Å². The molecule has 0 radical (unpaired) electrons. The third-order valence-electron chi connectivity index (χ3n) is 13.9. The van der Waals surface area contributed by atoms with Crippen molar-refractivity contribution in [3.8, 4) is 0 Å². The maximum absolute atomic E-state index is 15.8. The summed E-state index contributed by atoms with van der Waals surface area (Å²) in [7, 11) is 0. The molecule has 2 N–H and O–H groups in total. The Morgan fingerprint density at radius 2 is 0.588 bits per heavy atom.